The van der Waals surface area contributed by atoms with Gasteiger partial charge in [0.05, 0.1) is 23.7 Å². The molecule has 0 atom stereocenters. The van der Waals surface area contributed by atoms with E-state index < -0.39 is 17.2 Å². The van der Waals surface area contributed by atoms with Gasteiger partial charge in [-0.05, 0) is 23.0 Å². The second kappa shape index (κ2) is 9.09. The van der Waals surface area contributed by atoms with E-state index in [-0.39, 0.29) is 28.7 Å². The van der Waals surface area contributed by atoms with Crippen LogP contribution in [0.4, 0.5) is 5.69 Å². The van der Waals surface area contributed by atoms with Crippen molar-refractivity contribution in [1.82, 2.24) is 0 Å². The molecule has 0 unspecified atom stereocenters. The zero-order valence-electron chi connectivity index (χ0n) is 16.4. The summed E-state index contributed by atoms with van der Waals surface area (Å²) < 4.78 is 16.8. The van der Waals surface area contributed by atoms with Gasteiger partial charge in [0.2, 0.25) is 0 Å². The van der Waals surface area contributed by atoms with Gasteiger partial charge in [-0.15, -0.1) is 0 Å². The molecule has 1 aromatic rings. The predicted molar refractivity (Wildman–Crippen MR) is 98.0 cm³/mol. The van der Waals surface area contributed by atoms with Crippen molar-refractivity contribution in [2.75, 3.05) is 19.8 Å². The molecule has 0 spiro atoms. The molecule has 7 nitrogen and oxygen atoms in total. The number of ether oxygens (including phenoxy) is 3. The molecule has 0 aliphatic heterocycles. The third kappa shape index (κ3) is 8.92. The number of esters is 1. The lowest BCUT2D eigenvalue weighted by atomic mass is 9.98. The van der Waals surface area contributed by atoms with Gasteiger partial charge in [0.25, 0.3) is 5.69 Å². The van der Waals surface area contributed by atoms with Gasteiger partial charge < -0.3 is 14.2 Å². The number of nitro groups is 1. The Balaban J connectivity index is 2.64. The van der Waals surface area contributed by atoms with Crippen LogP contribution in [0.25, 0.3) is 0 Å². The third-order valence-electron chi connectivity index (χ3n) is 3.07. The lowest BCUT2D eigenvalue weighted by Crippen LogP contribution is -2.32. The van der Waals surface area contributed by atoms with Crippen molar-refractivity contribution in [3.63, 3.8) is 0 Å². The van der Waals surface area contributed by atoms with Crippen LogP contribution in [0.15, 0.2) is 24.3 Å². The highest BCUT2D eigenvalue weighted by Gasteiger charge is 2.21. The Morgan fingerprint density at radius 1 is 1.00 bits per heavy atom. The fourth-order valence-electron chi connectivity index (χ4n) is 1.78. The minimum absolute atomic E-state index is 0.0499. The summed E-state index contributed by atoms with van der Waals surface area (Å²) in [6, 6.07) is 5.25. The monoisotopic (exact) mass is 367 g/mol. The zero-order chi connectivity index (χ0) is 20.0. The molecule has 0 radical (unpaired) electrons. The molecular formula is C19H29NO6. The second-order valence-electron chi connectivity index (χ2n) is 8.58. The van der Waals surface area contributed by atoms with Gasteiger partial charge in [-0.25, -0.2) is 4.79 Å². The highest BCUT2D eigenvalue weighted by atomic mass is 16.7. The summed E-state index contributed by atoms with van der Waals surface area (Å²) in [7, 11) is 0. The highest BCUT2D eigenvalue weighted by Crippen LogP contribution is 2.18. The number of nitro benzene ring substituents is 1. The number of hydrogen-bond donors (Lipinski definition) is 0. The number of hydrogen-bond acceptors (Lipinski definition) is 6. The molecule has 0 aliphatic rings. The van der Waals surface area contributed by atoms with Crippen LogP contribution >= 0.6 is 0 Å². The molecule has 0 saturated heterocycles. The second-order valence-corrected chi connectivity index (χ2v) is 8.58. The molecule has 0 heterocycles. The van der Waals surface area contributed by atoms with Gasteiger partial charge in [-0.1, -0.05) is 41.5 Å². The van der Waals surface area contributed by atoms with Crippen molar-refractivity contribution in [3.05, 3.63) is 39.9 Å². The average Bonchev–Trinajstić information content (AvgIpc) is 2.52. The fraction of sp³-hybridized carbons (Fsp3) is 0.632. The lowest BCUT2D eigenvalue weighted by Gasteiger charge is -2.27. The minimum atomic E-state index is -0.671. The Morgan fingerprint density at radius 3 is 1.85 bits per heavy atom. The Hall–Kier alpha value is -1.99. The van der Waals surface area contributed by atoms with Crippen molar-refractivity contribution in [1.29, 1.82) is 0 Å². The maximum absolute atomic E-state index is 12.1. The van der Waals surface area contributed by atoms with Crippen molar-refractivity contribution < 1.29 is 23.9 Å². The predicted octanol–water partition coefficient (Wildman–Crippen LogP) is 4.20. The van der Waals surface area contributed by atoms with Gasteiger partial charge in [-0.2, -0.15) is 0 Å². The number of rotatable bonds is 8. The highest BCUT2D eigenvalue weighted by molar-refractivity contribution is 5.89. The van der Waals surface area contributed by atoms with Crippen molar-refractivity contribution in [2.45, 2.75) is 47.8 Å². The number of benzene rings is 1. The zero-order valence-corrected chi connectivity index (χ0v) is 16.4. The molecule has 0 aromatic heterocycles. The SMILES string of the molecule is CC(C)(C)COC(COC(=O)c1ccc([N+](=O)[O-])cc1)OCC(C)(C)C. The molecule has 7 heteroatoms. The minimum Gasteiger partial charge on any atom is -0.457 e. The van der Waals surface area contributed by atoms with Crippen molar-refractivity contribution in [3.8, 4) is 0 Å². The smallest absolute Gasteiger partial charge is 0.338 e. The van der Waals surface area contributed by atoms with E-state index in [0.29, 0.717) is 13.2 Å². The van der Waals surface area contributed by atoms with Crippen LogP contribution in [0, 0.1) is 20.9 Å². The largest absolute Gasteiger partial charge is 0.457 e. The van der Waals surface area contributed by atoms with Crippen LogP contribution < -0.4 is 0 Å². The van der Waals surface area contributed by atoms with Gasteiger partial charge in [0, 0.05) is 12.1 Å². The number of carbonyl (C=O) groups is 1. The van der Waals surface area contributed by atoms with Gasteiger partial charge in [-0.3, -0.25) is 10.1 Å². The summed E-state index contributed by atoms with van der Waals surface area (Å²) in [5.74, 6) is -0.580. The summed E-state index contributed by atoms with van der Waals surface area (Å²) >= 11 is 0. The standard InChI is InChI=1S/C19H29NO6/c1-18(2,3)12-25-16(26-13-19(4,5)6)11-24-17(21)14-7-9-15(10-8-14)20(22)23/h7-10,16H,11-13H2,1-6H3. The van der Waals surface area contributed by atoms with Crippen LogP contribution in [0.2, 0.25) is 0 Å². The molecule has 0 aliphatic carbocycles. The third-order valence-corrected chi connectivity index (χ3v) is 3.07. The van der Waals surface area contributed by atoms with Gasteiger partial charge >= 0.3 is 5.97 Å². The van der Waals surface area contributed by atoms with Crippen LogP contribution in [0.1, 0.15) is 51.9 Å². The van der Waals surface area contributed by atoms with Crippen molar-refractivity contribution >= 4 is 11.7 Å². The van der Waals surface area contributed by atoms with Gasteiger partial charge in [0.15, 0.2) is 6.29 Å². The normalized spacial score (nSPS) is 12.3. The number of non-ortho nitro benzene ring substituents is 1. The van der Waals surface area contributed by atoms with E-state index in [4.69, 9.17) is 14.2 Å². The molecule has 0 N–H and O–H groups in total. The van der Waals surface area contributed by atoms with E-state index in [1.807, 2.05) is 41.5 Å². The molecule has 1 aromatic carbocycles. The first kappa shape index (κ1) is 22.1. The Morgan fingerprint density at radius 2 is 1.46 bits per heavy atom. The summed E-state index contributed by atoms with van der Waals surface area (Å²) in [5.41, 5.74) is 0.0553. The van der Waals surface area contributed by atoms with Crippen LogP contribution in [-0.2, 0) is 14.2 Å². The maximum atomic E-state index is 12.1. The summed E-state index contributed by atoms with van der Waals surface area (Å²) in [6.45, 7) is 13.1. The number of nitrogens with zero attached hydrogens (tertiary/aromatic N) is 1. The summed E-state index contributed by atoms with van der Waals surface area (Å²) in [4.78, 5) is 22.3. The Bertz CT molecular complexity index is 580. The van der Waals surface area contributed by atoms with E-state index in [1.54, 1.807) is 0 Å². The first-order valence-corrected chi connectivity index (χ1v) is 8.52. The molecule has 146 valence electrons. The molecule has 1 rings (SSSR count). The van der Waals surface area contributed by atoms with E-state index in [2.05, 4.69) is 0 Å². The van der Waals surface area contributed by atoms with Crippen molar-refractivity contribution in [2.24, 2.45) is 10.8 Å². The van der Waals surface area contributed by atoms with E-state index >= 15 is 0 Å². The molecule has 0 saturated carbocycles. The van der Waals surface area contributed by atoms with Gasteiger partial charge in [0.1, 0.15) is 6.61 Å². The van der Waals surface area contributed by atoms with Crippen LogP contribution in [-0.4, -0.2) is 37.0 Å². The molecular weight excluding hydrogens is 338 g/mol. The van der Waals surface area contributed by atoms with Crippen LogP contribution in [0.3, 0.4) is 0 Å². The van der Waals surface area contributed by atoms with E-state index in [9.17, 15) is 14.9 Å². The fourth-order valence-corrected chi connectivity index (χ4v) is 1.78. The first-order chi connectivity index (χ1) is 11.9. The Labute approximate surface area is 154 Å². The Kier molecular flexibility index (Phi) is 7.71. The first-order valence-electron chi connectivity index (χ1n) is 8.52. The lowest BCUT2D eigenvalue weighted by molar-refractivity contribution is -0.384. The van der Waals surface area contributed by atoms with Crippen LogP contribution in [0.5, 0.6) is 0 Å². The molecule has 26 heavy (non-hydrogen) atoms. The molecule has 0 amide bonds. The quantitative estimate of drug-likeness (QED) is 0.296. The molecule has 0 fully saturated rings. The topological polar surface area (TPSA) is 87.9 Å². The van der Waals surface area contributed by atoms with E-state index in [0.717, 1.165) is 0 Å². The average molecular weight is 367 g/mol. The summed E-state index contributed by atoms with van der Waals surface area (Å²) in [6.07, 6.45) is -0.671. The maximum Gasteiger partial charge on any atom is 0.338 e. The number of carbonyl (C=O) groups excluding carboxylic acids is 1. The summed E-state index contributed by atoms with van der Waals surface area (Å²) in [5, 5.41) is 10.7. The molecule has 0 bridgehead atoms. The van der Waals surface area contributed by atoms with E-state index in [1.165, 1.54) is 24.3 Å².